The molecule has 0 unspecified atom stereocenters. The fourth-order valence-corrected chi connectivity index (χ4v) is 2.17. The molecule has 0 spiro atoms. The van der Waals surface area contributed by atoms with Gasteiger partial charge in [0.1, 0.15) is 5.82 Å². The van der Waals surface area contributed by atoms with Crippen molar-refractivity contribution in [2.75, 3.05) is 17.7 Å². The molecule has 0 aliphatic carbocycles. The number of nitrogens with one attached hydrogen (secondary N) is 2. The van der Waals surface area contributed by atoms with Crippen molar-refractivity contribution in [3.63, 3.8) is 0 Å². The molecular weight excluding hydrogens is 268 g/mol. The quantitative estimate of drug-likeness (QED) is 0.772. The van der Waals surface area contributed by atoms with Crippen molar-refractivity contribution in [1.82, 2.24) is 10.1 Å². The molecule has 3 aromatic rings. The maximum absolute atomic E-state index is 12.4. The van der Waals surface area contributed by atoms with E-state index >= 15 is 0 Å². The Kier molecular flexibility index (Phi) is 3.27. The third-order valence-corrected chi connectivity index (χ3v) is 3.14. The summed E-state index contributed by atoms with van der Waals surface area (Å²) in [5, 5.41) is 11.2. The first kappa shape index (κ1) is 13.1. The van der Waals surface area contributed by atoms with Gasteiger partial charge < -0.3 is 9.84 Å². The number of aryl methyl sites for hydroxylation is 1. The van der Waals surface area contributed by atoms with Crippen LogP contribution < -0.4 is 10.6 Å². The molecule has 2 N–H and O–H groups in total. The third kappa shape index (κ3) is 2.43. The van der Waals surface area contributed by atoms with Gasteiger partial charge in [0.05, 0.1) is 11.3 Å². The molecule has 106 valence electrons. The number of amides is 1. The summed E-state index contributed by atoms with van der Waals surface area (Å²) in [6.45, 7) is 1.79. The SMILES string of the molecule is CNc1ncc(C(=O)Nc2cc(C)no2)c2ccccc12. The largest absolute Gasteiger partial charge is 0.373 e. The number of carbonyl (C=O) groups is 1. The molecule has 0 radical (unpaired) electrons. The number of hydrogen-bond donors (Lipinski definition) is 2. The molecule has 0 bridgehead atoms. The molecule has 2 aromatic heterocycles. The average molecular weight is 282 g/mol. The van der Waals surface area contributed by atoms with Crippen molar-refractivity contribution in [2.24, 2.45) is 0 Å². The van der Waals surface area contributed by atoms with Crippen LogP contribution >= 0.6 is 0 Å². The smallest absolute Gasteiger partial charge is 0.260 e. The molecule has 0 fully saturated rings. The van der Waals surface area contributed by atoms with Crippen molar-refractivity contribution >= 4 is 28.4 Å². The molecule has 0 aliphatic heterocycles. The van der Waals surface area contributed by atoms with Gasteiger partial charge in [0.15, 0.2) is 0 Å². The van der Waals surface area contributed by atoms with Gasteiger partial charge in [0.2, 0.25) is 5.88 Å². The Bertz CT molecular complexity index is 810. The van der Waals surface area contributed by atoms with Gasteiger partial charge in [-0.3, -0.25) is 10.1 Å². The zero-order valence-corrected chi connectivity index (χ0v) is 11.7. The lowest BCUT2D eigenvalue weighted by molar-refractivity contribution is 0.102. The van der Waals surface area contributed by atoms with Gasteiger partial charge in [-0.2, -0.15) is 0 Å². The van der Waals surface area contributed by atoms with Gasteiger partial charge in [-0.15, -0.1) is 0 Å². The van der Waals surface area contributed by atoms with Crippen LogP contribution in [0.15, 0.2) is 41.1 Å². The number of pyridine rings is 1. The highest BCUT2D eigenvalue weighted by molar-refractivity contribution is 6.13. The molecule has 2 heterocycles. The van der Waals surface area contributed by atoms with Gasteiger partial charge in [0, 0.05) is 24.7 Å². The van der Waals surface area contributed by atoms with Crippen molar-refractivity contribution in [3.8, 4) is 0 Å². The summed E-state index contributed by atoms with van der Waals surface area (Å²) in [6, 6.07) is 9.26. The van der Waals surface area contributed by atoms with E-state index < -0.39 is 0 Å². The van der Waals surface area contributed by atoms with E-state index in [1.807, 2.05) is 24.3 Å². The lowest BCUT2D eigenvalue weighted by atomic mass is 10.1. The lowest BCUT2D eigenvalue weighted by Crippen LogP contribution is -2.12. The molecule has 0 saturated heterocycles. The first-order valence-electron chi connectivity index (χ1n) is 6.49. The van der Waals surface area contributed by atoms with Crippen molar-refractivity contribution in [1.29, 1.82) is 0 Å². The Morgan fingerprint density at radius 1 is 1.24 bits per heavy atom. The van der Waals surface area contributed by atoms with E-state index in [9.17, 15) is 4.79 Å². The molecular formula is C15H14N4O2. The summed E-state index contributed by atoms with van der Waals surface area (Å²) in [7, 11) is 1.80. The van der Waals surface area contributed by atoms with Crippen LogP contribution in [0.5, 0.6) is 0 Å². The number of aromatic nitrogens is 2. The Balaban J connectivity index is 2.02. The number of rotatable bonds is 3. The average Bonchev–Trinajstić information content (AvgIpc) is 2.91. The van der Waals surface area contributed by atoms with Crippen LogP contribution in [0.2, 0.25) is 0 Å². The first-order valence-corrected chi connectivity index (χ1v) is 6.49. The van der Waals surface area contributed by atoms with Crippen molar-refractivity contribution < 1.29 is 9.32 Å². The number of nitrogens with zero attached hydrogens (tertiary/aromatic N) is 2. The Morgan fingerprint density at radius 2 is 2.00 bits per heavy atom. The van der Waals surface area contributed by atoms with Gasteiger partial charge in [-0.05, 0) is 12.3 Å². The van der Waals surface area contributed by atoms with Crippen LogP contribution in [-0.4, -0.2) is 23.1 Å². The molecule has 1 amide bonds. The minimum Gasteiger partial charge on any atom is -0.373 e. The van der Waals surface area contributed by atoms with E-state index in [1.165, 1.54) is 0 Å². The molecule has 6 nitrogen and oxygen atoms in total. The minimum atomic E-state index is -0.280. The fourth-order valence-electron chi connectivity index (χ4n) is 2.17. The Hall–Kier alpha value is -2.89. The van der Waals surface area contributed by atoms with Crippen LogP contribution in [0, 0.1) is 6.92 Å². The summed E-state index contributed by atoms with van der Waals surface area (Å²) < 4.78 is 5.00. The number of anilines is 2. The number of benzene rings is 1. The maximum atomic E-state index is 12.4. The van der Waals surface area contributed by atoms with Gasteiger partial charge in [0.25, 0.3) is 5.91 Å². The van der Waals surface area contributed by atoms with Gasteiger partial charge >= 0.3 is 0 Å². The van der Waals surface area contributed by atoms with Crippen LogP contribution in [0.4, 0.5) is 11.7 Å². The number of hydrogen-bond acceptors (Lipinski definition) is 5. The highest BCUT2D eigenvalue weighted by Crippen LogP contribution is 2.24. The van der Waals surface area contributed by atoms with E-state index in [0.717, 1.165) is 16.6 Å². The topological polar surface area (TPSA) is 80.0 Å². The summed E-state index contributed by atoms with van der Waals surface area (Å²) in [6.07, 6.45) is 1.55. The summed E-state index contributed by atoms with van der Waals surface area (Å²) in [5.74, 6) is 0.773. The molecule has 1 aromatic carbocycles. The predicted molar refractivity (Wildman–Crippen MR) is 80.5 cm³/mol. The highest BCUT2D eigenvalue weighted by atomic mass is 16.5. The lowest BCUT2D eigenvalue weighted by Gasteiger charge is -2.09. The Labute approximate surface area is 121 Å². The van der Waals surface area contributed by atoms with Crippen LogP contribution in [-0.2, 0) is 0 Å². The monoisotopic (exact) mass is 282 g/mol. The number of fused-ring (bicyclic) bond motifs is 1. The van der Waals surface area contributed by atoms with E-state index in [-0.39, 0.29) is 5.91 Å². The summed E-state index contributed by atoms with van der Waals surface area (Å²) in [5.41, 5.74) is 1.19. The van der Waals surface area contributed by atoms with E-state index in [4.69, 9.17) is 4.52 Å². The standard InChI is InChI=1S/C15H14N4O2/c1-9-7-13(21-19-9)18-15(20)12-8-17-14(16-2)11-6-4-3-5-10(11)12/h3-8H,1-2H3,(H,16,17)(H,18,20). The summed E-state index contributed by atoms with van der Waals surface area (Å²) >= 11 is 0. The van der Waals surface area contributed by atoms with Crippen LogP contribution in [0.1, 0.15) is 16.1 Å². The van der Waals surface area contributed by atoms with Gasteiger partial charge in [-0.25, -0.2) is 4.98 Å². The maximum Gasteiger partial charge on any atom is 0.260 e. The second-order valence-corrected chi connectivity index (χ2v) is 4.60. The third-order valence-electron chi connectivity index (χ3n) is 3.14. The Morgan fingerprint density at radius 3 is 2.67 bits per heavy atom. The normalized spacial score (nSPS) is 10.6. The summed E-state index contributed by atoms with van der Waals surface area (Å²) in [4.78, 5) is 16.7. The fraction of sp³-hybridized carbons (Fsp3) is 0.133. The first-order chi connectivity index (χ1) is 10.2. The second kappa shape index (κ2) is 5.24. The molecule has 21 heavy (non-hydrogen) atoms. The second-order valence-electron chi connectivity index (χ2n) is 4.60. The van der Waals surface area contributed by atoms with E-state index in [1.54, 1.807) is 26.2 Å². The van der Waals surface area contributed by atoms with Crippen LogP contribution in [0.3, 0.4) is 0 Å². The van der Waals surface area contributed by atoms with E-state index in [0.29, 0.717) is 17.1 Å². The molecule has 6 heteroatoms. The van der Waals surface area contributed by atoms with Crippen molar-refractivity contribution in [2.45, 2.75) is 6.92 Å². The highest BCUT2D eigenvalue weighted by Gasteiger charge is 2.14. The van der Waals surface area contributed by atoms with Crippen LogP contribution in [0.25, 0.3) is 10.8 Å². The molecule has 0 saturated carbocycles. The van der Waals surface area contributed by atoms with E-state index in [2.05, 4.69) is 20.8 Å². The predicted octanol–water partition coefficient (Wildman–Crippen LogP) is 2.83. The van der Waals surface area contributed by atoms with Gasteiger partial charge in [-0.1, -0.05) is 29.4 Å². The zero-order chi connectivity index (χ0) is 14.8. The molecule has 0 aliphatic rings. The van der Waals surface area contributed by atoms with Crippen molar-refractivity contribution in [3.05, 3.63) is 47.8 Å². The molecule has 3 rings (SSSR count). The molecule has 0 atom stereocenters. The minimum absolute atomic E-state index is 0.280. The number of carbonyl (C=O) groups excluding carboxylic acids is 1. The zero-order valence-electron chi connectivity index (χ0n) is 11.7.